The molecule has 0 saturated heterocycles. The molecule has 0 fully saturated rings. The van der Waals surface area contributed by atoms with Crippen LogP contribution < -0.4 is 5.73 Å². The minimum absolute atomic E-state index is 0.00406. The number of carbonyl (C=O) groups is 1. The molecule has 0 bridgehead atoms. The predicted octanol–water partition coefficient (Wildman–Crippen LogP) is 0.183. The molecule has 0 aliphatic rings. The van der Waals surface area contributed by atoms with E-state index in [1.54, 1.807) is 13.8 Å². The number of nitrogens with zero attached hydrogens (tertiary/aromatic N) is 2. The Labute approximate surface area is 114 Å². The van der Waals surface area contributed by atoms with E-state index in [1.165, 1.54) is 18.7 Å². The van der Waals surface area contributed by atoms with E-state index in [1.807, 2.05) is 0 Å². The van der Waals surface area contributed by atoms with Gasteiger partial charge in [-0.3, -0.25) is 4.79 Å². The van der Waals surface area contributed by atoms with Crippen molar-refractivity contribution in [2.75, 3.05) is 12.8 Å². The highest BCUT2D eigenvalue weighted by molar-refractivity contribution is 7.92. The first kappa shape index (κ1) is 17.7. The summed E-state index contributed by atoms with van der Waals surface area (Å²) in [4.78, 5) is 13.8. The summed E-state index contributed by atoms with van der Waals surface area (Å²) in [5, 5.41) is 11.3. The summed E-state index contributed by atoms with van der Waals surface area (Å²) in [7, 11) is -3.53. The maximum absolute atomic E-state index is 12.4. The molecule has 1 amide bonds. The van der Waals surface area contributed by atoms with Crippen LogP contribution in [0.4, 0.5) is 0 Å². The molecular weight excluding hydrogens is 270 g/mol. The van der Waals surface area contributed by atoms with Gasteiger partial charge >= 0.3 is 0 Å². The van der Waals surface area contributed by atoms with Crippen molar-refractivity contribution in [3.05, 3.63) is 0 Å². The molecule has 0 aromatic carbocycles. The Morgan fingerprint density at radius 3 is 2.21 bits per heavy atom. The summed E-state index contributed by atoms with van der Waals surface area (Å²) in [6.45, 7) is 6.52. The molecule has 0 spiro atoms. The van der Waals surface area contributed by atoms with Crippen LogP contribution in [0, 0.1) is 0 Å². The maximum Gasteiger partial charge on any atom is 0.243 e. The molecule has 7 nitrogen and oxygen atoms in total. The van der Waals surface area contributed by atoms with Crippen LogP contribution in [0.5, 0.6) is 0 Å². The molecule has 112 valence electrons. The minimum atomic E-state index is -3.53. The SMILES string of the molecule is CC(C)N(CCC(N)=NO)C(=O)C(C)(C)S(C)(=O)=O. The van der Waals surface area contributed by atoms with Gasteiger partial charge in [0.05, 0.1) is 0 Å². The average Bonchev–Trinajstić information content (AvgIpc) is 2.26. The Kier molecular flexibility index (Phi) is 5.80. The number of hydrogen-bond donors (Lipinski definition) is 2. The number of amides is 1. The second kappa shape index (κ2) is 6.23. The van der Waals surface area contributed by atoms with Crippen LogP contribution in [0.2, 0.25) is 0 Å². The lowest BCUT2D eigenvalue weighted by atomic mass is 10.1. The second-order valence-electron chi connectivity index (χ2n) is 5.22. The molecule has 0 saturated carbocycles. The van der Waals surface area contributed by atoms with Crippen LogP contribution in [0.3, 0.4) is 0 Å². The Morgan fingerprint density at radius 1 is 1.42 bits per heavy atom. The molecular formula is C11H23N3O4S. The highest BCUT2D eigenvalue weighted by Crippen LogP contribution is 2.20. The first-order chi connectivity index (χ1) is 8.45. The number of carbonyl (C=O) groups excluding carboxylic acids is 1. The summed E-state index contributed by atoms with van der Waals surface area (Å²) in [6.07, 6.45) is 1.22. The normalized spacial score (nSPS) is 13.7. The van der Waals surface area contributed by atoms with Crippen molar-refractivity contribution in [2.24, 2.45) is 10.9 Å². The lowest BCUT2D eigenvalue weighted by Crippen LogP contribution is -2.52. The van der Waals surface area contributed by atoms with Gasteiger partial charge in [0.25, 0.3) is 0 Å². The van der Waals surface area contributed by atoms with Crippen LogP contribution in [0.1, 0.15) is 34.1 Å². The van der Waals surface area contributed by atoms with Gasteiger partial charge in [-0.25, -0.2) is 8.42 Å². The number of nitrogens with two attached hydrogens (primary N) is 1. The lowest BCUT2D eigenvalue weighted by Gasteiger charge is -2.33. The molecule has 0 aliphatic carbocycles. The van der Waals surface area contributed by atoms with E-state index in [0.717, 1.165) is 6.26 Å². The zero-order chi connectivity index (χ0) is 15.4. The van der Waals surface area contributed by atoms with Gasteiger partial charge < -0.3 is 15.8 Å². The van der Waals surface area contributed by atoms with Crippen molar-refractivity contribution in [1.29, 1.82) is 0 Å². The van der Waals surface area contributed by atoms with Crippen LogP contribution in [0.15, 0.2) is 5.16 Å². The highest BCUT2D eigenvalue weighted by atomic mass is 32.2. The van der Waals surface area contributed by atoms with Crippen molar-refractivity contribution in [1.82, 2.24) is 4.90 Å². The third-order valence-electron chi connectivity index (χ3n) is 3.06. The third kappa shape index (κ3) is 4.38. The summed E-state index contributed by atoms with van der Waals surface area (Å²) >= 11 is 0. The van der Waals surface area contributed by atoms with Crippen LogP contribution in [-0.4, -0.2) is 53.9 Å². The quantitative estimate of drug-likeness (QED) is 0.314. The van der Waals surface area contributed by atoms with E-state index >= 15 is 0 Å². The Bertz CT molecular complexity index is 455. The van der Waals surface area contributed by atoms with E-state index in [4.69, 9.17) is 10.9 Å². The largest absolute Gasteiger partial charge is 0.409 e. The van der Waals surface area contributed by atoms with Gasteiger partial charge in [-0.05, 0) is 27.7 Å². The van der Waals surface area contributed by atoms with Crippen molar-refractivity contribution in [3.63, 3.8) is 0 Å². The fourth-order valence-electron chi connectivity index (χ4n) is 1.38. The van der Waals surface area contributed by atoms with Crippen molar-refractivity contribution in [2.45, 2.75) is 44.9 Å². The zero-order valence-electron chi connectivity index (χ0n) is 12.0. The first-order valence-electron chi connectivity index (χ1n) is 5.92. The summed E-state index contributed by atoms with van der Waals surface area (Å²) < 4.78 is 21.9. The Morgan fingerprint density at radius 2 is 1.89 bits per heavy atom. The number of rotatable bonds is 6. The van der Waals surface area contributed by atoms with Gasteiger partial charge in [0.1, 0.15) is 10.6 Å². The van der Waals surface area contributed by atoms with Gasteiger partial charge in [-0.15, -0.1) is 0 Å². The van der Waals surface area contributed by atoms with Gasteiger partial charge in [0.15, 0.2) is 9.84 Å². The van der Waals surface area contributed by atoms with Crippen LogP contribution in [-0.2, 0) is 14.6 Å². The van der Waals surface area contributed by atoms with E-state index < -0.39 is 20.5 Å². The zero-order valence-corrected chi connectivity index (χ0v) is 12.9. The minimum Gasteiger partial charge on any atom is -0.409 e. The fraction of sp³-hybridized carbons (Fsp3) is 0.818. The van der Waals surface area contributed by atoms with Gasteiger partial charge in [-0.1, -0.05) is 5.16 Å². The summed E-state index contributed by atoms with van der Waals surface area (Å²) in [5.41, 5.74) is 5.36. The molecule has 19 heavy (non-hydrogen) atoms. The third-order valence-corrected chi connectivity index (χ3v) is 5.09. The van der Waals surface area contributed by atoms with E-state index in [9.17, 15) is 13.2 Å². The molecule has 0 heterocycles. The number of sulfone groups is 1. The molecule has 0 aromatic rings. The predicted molar refractivity (Wildman–Crippen MR) is 73.8 cm³/mol. The Hall–Kier alpha value is -1.31. The van der Waals surface area contributed by atoms with E-state index in [0.29, 0.717) is 0 Å². The Balaban J connectivity index is 5.17. The van der Waals surface area contributed by atoms with Crippen molar-refractivity contribution in [3.8, 4) is 0 Å². The molecule has 3 N–H and O–H groups in total. The van der Waals surface area contributed by atoms with Gasteiger partial charge in [0, 0.05) is 25.3 Å². The van der Waals surface area contributed by atoms with Crippen LogP contribution in [0.25, 0.3) is 0 Å². The second-order valence-corrected chi connectivity index (χ2v) is 7.78. The lowest BCUT2D eigenvalue weighted by molar-refractivity contribution is -0.134. The van der Waals surface area contributed by atoms with Crippen molar-refractivity contribution >= 4 is 21.6 Å². The van der Waals surface area contributed by atoms with Gasteiger partial charge in [0.2, 0.25) is 5.91 Å². The molecule has 0 unspecified atom stereocenters. The first-order valence-corrected chi connectivity index (χ1v) is 7.81. The maximum atomic E-state index is 12.4. The fourth-order valence-corrected chi connectivity index (χ4v) is 1.82. The molecule has 0 aliphatic heterocycles. The smallest absolute Gasteiger partial charge is 0.243 e. The highest BCUT2D eigenvalue weighted by Gasteiger charge is 2.41. The standard InChI is InChI=1S/C11H23N3O4S/c1-8(2)14(7-6-9(12)13-16)10(15)11(3,4)19(5,17)18/h8,16H,6-7H2,1-5H3,(H2,12,13). The number of oxime groups is 1. The molecule has 0 aromatic heterocycles. The molecule has 0 atom stereocenters. The summed E-state index contributed by atoms with van der Waals surface area (Å²) in [5.74, 6) is -0.494. The summed E-state index contributed by atoms with van der Waals surface area (Å²) in [6, 6.07) is -0.181. The molecule has 8 heteroatoms. The molecule has 0 rings (SSSR count). The topological polar surface area (TPSA) is 113 Å². The van der Waals surface area contributed by atoms with Gasteiger partial charge in [-0.2, -0.15) is 0 Å². The number of hydrogen-bond acceptors (Lipinski definition) is 5. The monoisotopic (exact) mass is 293 g/mol. The number of amidine groups is 1. The average molecular weight is 293 g/mol. The van der Waals surface area contributed by atoms with Crippen LogP contribution >= 0.6 is 0 Å². The van der Waals surface area contributed by atoms with Crippen molar-refractivity contribution < 1.29 is 18.4 Å². The van der Waals surface area contributed by atoms with E-state index in [2.05, 4.69) is 5.16 Å². The van der Waals surface area contributed by atoms with E-state index in [-0.39, 0.29) is 24.8 Å². The molecule has 0 radical (unpaired) electrons.